The van der Waals surface area contributed by atoms with Gasteiger partial charge in [-0.2, -0.15) is 0 Å². The van der Waals surface area contributed by atoms with Crippen LogP contribution >= 0.6 is 0 Å². The van der Waals surface area contributed by atoms with Gasteiger partial charge in [-0.25, -0.2) is 0 Å². The molecule has 0 saturated carbocycles. The van der Waals surface area contributed by atoms with Gasteiger partial charge in [-0.1, -0.05) is 61.5 Å². The summed E-state index contributed by atoms with van der Waals surface area (Å²) in [5.74, 6) is 0.0503. The van der Waals surface area contributed by atoms with E-state index in [2.05, 4.69) is 17.6 Å². The van der Waals surface area contributed by atoms with Gasteiger partial charge in [-0.15, -0.1) is 0 Å². The molecule has 3 aromatic rings. The Hall–Kier alpha value is -3.60. The zero-order valence-electron chi connectivity index (χ0n) is 17.2. The van der Waals surface area contributed by atoms with Crippen molar-refractivity contribution in [3.63, 3.8) is 0 Å². The van der Waals surface area contributed by atoms with Crippen LogP contribution in [0.4, 0.5) is 5.69 Å². The fourth-order valence-corrected chi connectivity index (χ4v) is 3.05. The number of hydrogen-bond donors (Lipinski definition) is 2. The van der Waals surface area contributed by atoms with Crippen LogP contribution in [-0.4, -0.2) is 18.4 Å². The van der Waals surface area contributed by atoms with Crippen molar-refractivity contribution < 1.29 is 14.3 Å². The van der Waals surface area contributed by atoms with Crippen molar-refractivity contribution in [1.29, 1.82) is 0 Å². The molecule has 0 saturated heterocycles. The predicted octanol–water partition coefficient (Wildman–Crippen LogP) is 4.76. The summed E-state index contributed by atoms with van der Waals surface area (Å²) in [6, 6.07) is 24.1. The average molecular weight is 402 g/mol. The van der Waals surface area contributed by atoms with Gasteiger partial charge in [0.15, 0.2) is 6.61 Å². The van der Waals surface area contributed by atoms with Crippen LogP contribution in [-0.2, 0) is 11.2 Å². The lowest BCUT2D eigenvalue weighted by atomic mass is 10.1. The van der Waals surface area contributed by atoms with Gasteiger partial charge in [0.2, 0.25) is 0 Å². The molecule has 0 fully saturated rings. The highest BCUT2D eigenvalue weighted by atomic mass is 16.5. The summed E-state index contributed by atoms with van der Waals surface area (Å²) >= 11 is 0. The van der Waals surface area contributed by atoms with E-state index >= 15 is 0 Å². The lowest BCUT2D eigenvalue weighted by Gasteiger charge is -2.16. The molecule has 30 heavy (non-hydrogen) atoms. The average Bonchev–Trinajstić information content (AvgIpc) is 2.79. The molecule has 0 aliphatic rings. The molecule has 0 aliphatic heterocycles. The maximum absolute atomic E-state index is 12.8. The molecule has 5 heteroatoms. The van der Waals surface area contributed by atoms with Crippen LogP contribution in [0.1, 0.15) is 41.4 Å². The summed E-state index contributed by atoms with van der Waals surface area (Å²) in [5.41, 5.74) is 3.07. The van der Waals surface area contributed by atoms with Crippen molar-refractivity contribution in [3.8, 4) is 5.75 Å². The number of rotatable bonds is 8. The van der Waals surface area contributed by atoms with Gasteiger partial charge in [0.1, 0.15) is 5.75 Å². The van der Waals surface area contributed by atoms with Crippen molar-refractivity contribution >= 4 is 17.5 Å². The van der Waals surface area contributed by atoms with Crippen molar-refractivity contribution in [3.05, 3.63) is 95.6 Å². The molecule has 0 heterocycles. The molecule has 0 aliphatic carbocycles. The second-order valence-electron chi connectivity index (χ2n) is 6.99. The minimum Gasteiger partial charge on any atom is -0.484 e. The molecule has 0 aromatic heterocycles. The number of amides is 2. The molecule has 0 bridgehead atoms. The van der Waals surface area contributed by atoms with E-state index in [-0.39, 0.29) is 24.5 Å². The Morgan fingerprint density at radius 1 is 0.900 bits per heavy atom. The minimum atomic E-state index is -0.328. The van der Waals surface area contributed by atoms with E-state index in [4.69, 9.17) is 4.74 Å². The summed E-state index contributed by atoms with van der Waals surface area (Å²) in [4.78, 5) is 25.1. The van der Waals surface area contributed by atoms with Crippen molar-refractivity contribution in [2.24, 2.45) is 0 Å². The Labute approximate surface area is 177 Å². The lowest BCUT2D eigenvalue weighted by Crippen LogP contribution is -2.28. The van der Waals surface area contributed by atoms with E-state index in [1.807, 2.05) is 61.5 Å². The molecule has 0 spiro atoms. The fourth-order valence-electron chi connectivity index (χ4n) is 3.05. The second kappa shape index (κ2) is 10.3. The van der Waals surface area contributed by atoms with E-state index < -0.39 is 0 Å². The van der Waals surface area contributed by atoms with E-state index in [0.717, 1.165) is 12.0 Å². The number of ether oxygens (including phenoxy) is 1. The highest BCUT2D eigenvalue weighted by Crippen LogP contribution is 2.18. The number of hydrogen-bond acceptors (Lipinski definition) is 3. The molecule has 5 nitrogen and oxygen atoms in total. The highest BCUT2D eigenvalue weighted by molar-refractivity contribution is 6.04. The Morgan fingerprint density at radius 3 is 2.27 bits per heavy atom. The van der Waals surface area contributed by atoms with Crippen molar-refractivity contribution in [1.82, 2.24) is 5.32 Å². The molecule has 154 valence electrons. The SMILES string of the molecule is CCc1ccc(OCC(=O)Nc2ccccc2C(=O)NC(C)c2ccccc2)cc1. The minimum absolute atomic E-state index is 0.137. The Balaban J connectivity index is 1.61. The summed E-state index contributed by atoms with van der Waals surface area (Å²) < 4.78 is 5.55. The molecular formula is C25H26N2O3. The van der Waals surface area contributed by atoms with Gasteiger partial charge in [0, 0.05) is 0 Å². The Bertz CT molecular complexity index is 985. The first-order valence-corrected chi connectivity index (χ1v) is 10.0. The number of para-hydroxylation sites is 1. The highest BCUT2D eigenvalue weighted by Gasteiger charge is 2.16. The smallest absolute Gasteiger partial charge is 0.262 e. The normalized spacial score (nSPS) is 11.4. The van der Waals surface area contributed by atoms with E-state index in [1.54, 1.807) is 24.3 Å². The summed E-state index contributed by atoms with van der Waals surface area (Å²) in [5, 5.41) is 5.75. The van der Waals surface area contributed by atoms with Crippen LogP contribution in [0.5, 0.6) is 5.75 Å². The van der Waals surface area contributed by atoms with Crippen LogP contribution < -0.4 is 15.4 Å². The number of carbonyl (C=O) groups is 2. The van der Waals surface area contributed by atoms with Crippen molar-refractivity contribution in [2.75, 3.05) is 11.9 Å². The Kier molecular flexibility index (Phi) is 7.22. The zero-order valence-corrected chi connectivity index (χ0v) is 17.2. The molecule has 1 unspecified atom stereocenters. The van der Waals surface area contributed by atoms with Crippen LogP contribution in [0.3, 0.4) is 0 Å². The van der Waals surface area contributed by atoms with Gasteiger partial charge in [-0.3, -0.25) is 9.59 Å². The third-order valence-electron chi connectivity index (χ3n) is 4.79. The third kappa shape index (κ3) is 5.70. The van der Waals surface area contributed by atoms with E-state index in [0.29, 0.717) is 17.0 Å². The van der Waals surface area contributed by atoms with Crippen LogP contribution in [0.2, 0.25) is 0 Å². The van der Waals surface area contributed by atoms with Crippen LogP contribution in [0.25, 0.3) is 0 Å². The predicted molar refractivity (Wildman–Crippen MR) is 119 cm³/mol. The topological polar surface area (TPSA) is 67.4 Å². The number of anilines is 1. The van der Waals surface area contributed by atoms with Gasteiger partial charge < -0.3 is 15.4 Å². The first-order chi connectivity index (χ1) is 14.6. The van der Waals surface area contributed by atoms with Crippen molar-refractivity contribution in [2.45, 2.75) is 26.3 Å². The number of carbonyl (C=O) groups excluding carboxylic acids is 2. The van der Waals surface area contributed by atoms with Gasteiger partial charge in [0.05, 0.1) is 17.3 Å². The van der Waals surface area contributed by atoms with Gasteiger partial charge in [-0.05, 0) is 48.7 Å². The number of benzene rings is 3. The first-order valence-electron chi connectivity index (χ1n) is 10.0. The second-order valence-corrected chi connectivity index (χ2v) is 6.99. The molecule has 2 amide bonds. The maximum Gasteiger partial charge on any atom is 0.262 e. The van der Waals surface area contributed by atoms with E-state index in [1.165, 1.54) is 5.56 Å². The first kappa shape index (κ1) is 21.1. The molecule has 3 rings (SSSR count). The standard InChI is InChI=1S/C25H26N2O3/c1-3-19-13-15-21(16-14-19)30-17-24(28)27-23-12-8-7-11-22(23)25(29)26-18(2)20-9-5-4-6-10-20/h4-16,18H,3,17H2,1-2H3,(H,26,29)(H,27,28). The third-order valence-corrected chi connectivity index (χ3v) is 4.79. The molecule has 2 N–H and O–H groups in total. The number of nitrogens with one attached hydrogen (secondary N) is 2. The molecule has 3 aromatic carbocycles. The monoisotopic (exact) mass is 402 g/mol. The maximum atomic E-state index is 12.8. The van der Waals surface area contributed by atoms with E-state index in [9.17, 15) is 9.59 Å². The summed E-state index contributed by atoms with van der Waals surface area (Å²) in [7, 11) is 0. The molecule has 1 atom stereocenters. The quantitative estimate of drug-likeness (QED) is 0.571. The molecular weight excluding hydrogens is 376 g/mol. The number of aryl methyl sites for hydroxylation is 1. The van der Waals surface area contributed by atoms with Gasteiger partial charge >= 0.3 is 0 Å². The largest absolute Gasteiger partial charge is 0.484 e. The lowest BCUT2D eigenvalue weighted by molar-refractivity contribution is -0.118. The Morgan fingerprint density at radius 2 is 1.57 bits per heavy atom. The zero-order chi connectivity index (χ0) is 21.3. The molecule has 0 radical (unpaired) electrons. The summed E-state index contributed by atoms with van der Waals surface area (Å²) in [6.45, 7) is 3.87. The fraction of sp³-hybridized carbons (Fsp3) is 0.200. The summed E-state index contributed by atoms with van der Waals surface area (Å²) in [6.07, 6.45) is 0.947. The van der Waals surface area contributed by atoms with Gasteiger partial charge in [0.25, 0.3) is 11.8 Å². The van der Waals surface area contributed by atoms with Crippen LogP contribution in [0.15, 0.2) is 78.9 Å². The van der Waals surface area contributed by atoms with Crippen LogP contribution in [0, 0.1) is 0 Å².